The van der Waals surface area contributed by atoms with E-state index in [-0.39, 0.29) is 5.91 Å². The van der Waals surface area contributed by atoms with Crippen LogP contribution in [0.25, 0.3) is 0 Å². The molecule has 0 atom stereocenters. The first kappa shape index (κ1) is 12.1. The Balaban J connectivity index is 2.18. The molecule has 1 aliphatic heterocycles. The Hall–Kier alpha value is -1.36. The Labute approximate surface area is 102 Å². The molecule has 1 aliphatic rings. The van der Waals surface area contributed by atoms with E-state index in [4.69, 9.17) is 0 Å². The molecule has 0 radical (unpaired) electrons. The molecule has 0 unspecified atom stereocenters. The molecule has 94 valence electrons. The van der Waals surface area contributed by atoms with E-state index >= 15 is 0 Å². The van der Waals surface area contributed by atoms with Gasteiger partial charge in [0.2, 0.25) is 0 Å². The van der Waals surface area contributed by atoms with Crippen LogP contribution in [-0.4, -0.2) is 46.8 Å². The summed E-state index contributed by atoms with van der Waals surface area (Å²) in [4.78, 5) is 14.2. The van der Waals surface area contributed by atoms with Gasteiger partial charge in [0.1, 0.15) is 0 Å². The van der Waals surface area contributed by atoms with E-state index in [1.165, 1.54) is 0 Å². The van der Waals surface area contributed by atoms with Crippen molar-refractivity contribution in [3.05, 3.63) is 17.5 Å². The number of hydrogen-bond donors (Lipinski definition) is 1. The van der Waals surface area contributed by atoms with Crippen LogP contribution in [0.5, 0.6) is 0 Å². The lowest BCUT2D eigenvalue weighted by atomic mass is 10.2. The van der Waals surface area contributed by atoms with E-state index in [1.54, 1.807) is 0 Å². The zero-order valence-corrected chi connectivity index (χ0v) is 10.7. The maximum atomic E-state index is 12.3. The molecule has 5 heteroatoms. The second-order valence-corrected chi connectivity index (χ2v) is 4.78. The number of piperazine rings is 1. The smallest absolute Gasteiger partial charge is 0.274 e. The zero-order chi connectivity index (χ0) is 12.4. The molecule has 0 aromatic carbocycles. The lowest BCUT2D eigenvalue weighted by Gasteiger charge is -2.26. The van der Waals surface area contributed by atoms with Crippen LogP contribution in [-0.2, 0) is 0 Å². The van der Waals surface area contributed by atoms with Gasteiger partial charge in [0.25, 0.3) is 5.91 Å². The Bertz CT molecular complexity index is 405. The normalized spacial score (nSPS) is 16.6. The number of nitrogens with zero attached hydrogens (tertiary/aromatic N) is 3. The van der Waals surface area contributed by atoms with E-state index < -0.39 is 0 Å². The first-order chi connectivity index (χ1) is 8.09. The molecular formula is C12H20N4O. The largest absolute Gasteiger partial charge is 0.335 e. The van der Waals surface area contributed by atoms with Crippen molar-refractivity contribution in [2.45, 2.75) is 26.8 Å². The predicted octanol–water partition coefficient (Wildman–Crippen LogP) is 0.818. The Kier molecular flexibility index (Phi) is 3.47. The lowest BCUT2D eigenvalue weighted by Crippen LogP contribution is -2.46. The predicted molar refractivity (Wildman–Crippen MR) is 66.1 cm³/mol. The van der Waals surface area contributed by atoms with Gasteiger partial charge in [-0.15, -0.1) is 0 Å². The van der Waals surface area contributed by atoms with Gasteiger partial charge in [-0.05, 0) is 20.8 Å². The van der Waals surface area contributed by atoms with Crippen molar-refractivity contribution in [1.82, 2.24) is 20.0 Å². The van der Waals surface area contributed by atoms with Gasteiger partial charge < -0.3 is 10.2 Å². The third kappa shape index (κ3) is 2.49. The molecular weight excluding hydrogens is 216 g/mol. The Morgan fingerprint density at radius 2 is 2.06 bits per heavy atom. The first-order valence-electron chi connectivity index (χ1n) is 6.15. The van der Waals surface area contributed by atoms with Gasteiger partial charge in [0, 0.05) is 44.0 Å². The summed E-state index contributed by atoms with van der Waals surface area (Å²) in [6.07, 6.45) is 1.94. The van der Waals surface area contributed by atoms with Gasteiger partial charge in [0.15, 0.2) is 5.69 Å². The van der Waals surface area contributed by atoms with E-state index in [2.05, 4.69) is 24.3 Å². The highest BCUT2D eigenvalue weighted by atomic mass is 16.2. The van der Waals surface area contributed by atoms with Crippen molar-refractivity contribution >= 4 is 5.91 Å². The third-order valence-electron chi connectivity index (χ3n) is 3.05. The summed E-state index contributed by atoms with van der Waals surface area (Å²) in [5.74, 6) is 0.0587. The number of aromatic nitrogens is 2. The van der Waals surface area contributed by atoms with Gasteiger partial charge in [0.05, 0.1) is 0 Å². The van der Waals surface area contributed by atoms with E-state index in [9.17, 15) is 4.79 Å². The summed E-state index contributed by atoms with van der Waals surface area (Å²) < 4.78 is 1.85. The molecule has 1 aromatic rings. The van der Waals surface area contributed by atoms with Gasteiger partial charge in [-0.25, -0.2) is 0 Å². The van der Waals surface area contributed by atoms with Gasteiger partial charge in [-0.2, -0.15) is 5.10 Å². The minimum absolute atomic E-state index is 0.0587. The molecule has 0 spiro atoms. The number of aryl methyl sites for hydroxylation is 1. The Morgan fingerprint density at radius 3 is 2.59 bits per heavy atom. The quantitative estimate of drug-likeness (QED) is 0.827. The number of nitrogens with one attached hydrogen (secondary N) is 1. The first-order valence-corrected chi connectivity index (χ1v) is 6.15. The van der Waals surface area contributed by atoms with Crippen molar-refractivity contribution in [2.24, 2.45) is 0 Å². The molecule has 1 aromatic heterocycles. The van der Waals surface area contributed by atoms with Crippen LogP contribution in [0.2, 0.25) is 0 Å². The van der Waals surface area contributed by atoms with Crippen molar-refractivity contribution in [3.63, 3.8) is 0 Å². The molecule has 1 fully saturated rings. The van der Waals surface area contributed by atoms with E-state index in [1.807, 2.05) is 22.7 Å². The van der Waals surface area contributed by atoms with Crippen LogP contribution in [0.3, 0.4) is 0 Å². The van der Waals surface area contributed by atoms with Crippen molar-refractivity contribution in [3.8, 4) is 0 Å². The molecule has 0 saturated carbocycles. The molecule has 0 aliphatic carbocycles. The molecule has 1 amide bonds. The van der Waals surface area contributed by atoms with E-state index in [0.717, 1.165) is 31.7 Å². The highest BCUT2D eigenvalue weighted by Crippen LogP contribution is 2.12. The fourth-order valence-electron chi connectivity index (χ4n) is 1.98. The summed E-state index contributed by atoms with van der Waals surface area (Å²) in [6.45, 7) is 9.35. The van der Waals surface area contributed by atoms with Gasteiger partial charge >= 0.3 is 0 Å². The highest BCUT2D eigenvalue weighted by molar-refractivity contribution is 5.93. The minimum atomic E-state index is 0.0587. The molecule has 1 N–H and O–H groups in total. The molecule has 5 nitrogen and oxygen atoms in total. The summed E-state index contributed by atoms with van der Waals surface area (Å²) in [6, 6.07) is 0.290. The third-order valence-corrected chi connectivity index (χ3v) is 3.05. The maximum absolute atomic E-state index is 12.3. The topological polar surface area (TPSA) is 50.2 Å². The van der Waals surface area contributed by atoms with Crippen LogP contribution >= 0.6 is 0 Å². The monoisotopic (exact) mass is 236 g/mol. The summed E-state index contributed by atoms with van der Waals surface area (Å²) in [5.41, 5.74) is 1.56. The number of amides is 1. The standard InChI is InChI=1S/C12H20N4O/c1-9(2)16-8-10(3)11(14-16)12(17)15-6-4-13-5-7-15/h8-9,13H,4-7H2,1-3H3. The van der Waals surface area contributed by atoms with Crippen LogP contribution in [0.4, 0.5) is 0 Å². The number of carbonyl (C=O) groups is 1. The molecule has 2 rings (SSSR count). The Morgan fingerprint density at radius 1 is 1.41 bits per heavy atom. The van der Waals surface area contributed by atoms with Crippen LogP contribution < -0.4 is 5.32 Å². The second-order valence-electron chi connectivity index (χ2n) is 4.78. The van der Waals surface area contributed by atoms with Crippen LogP contribution in [0.1, 0.15) is 35.9 Å². The summed E-state index contributed by atoms with van der Waals surface area (Å²) in [7, 11) is 0. The van der Waals surface area contributed by atoms with E-state index in [0.29, 0.717) is 11.7 Å². The van der Waals surface area contributed by atoms with Crippen molar-refractivity contribution in [1.29, 1.82) is 0 Å². The van der Waals surface area contributed by atoms with Gasteiger partial charge in [-0.3, -0.25) is 9.48 Å². The fraction of sp³-hybridized carbons (Fsp3) is 0.667. The summed E-state index contributed by atoms with van der Waals surface area (Å²) in [5, 5.41) is 7.63. The second kappa shape index (κ2) is 4.87. The fourth-order valence-corrected chi connectivity index (χ4v) is 1.98. The average Bonchev–Trinajstić information content (AvgIpc) is 2.72. The minimum Gasteiger partial charge on any atom is -0.335 e. The van der Waals surface area contributed by atoms with Crippen LogP contribution in [0.15, 0.2) is 6.20 Å². The molecule has 0 bridgehead atoms. The summed E-state index contributed by atoms with van der Waals surface area (Å²) >= 11 is 0. The zero-order valence-electron chi connectivity index (χ0n) is 10.7. The average molecular weight is 236 g/mol. The molecule has 1 saturated heterocycles. The van der Waals surface area contributed by atoms with Crippen molar-refractivity contribution < 1.29 is 4.79 Å². The molecule has 17 heavy (non-hydrogen) atoms. The number of rotatable bonds is 2. The lowest BCUT2D eigenvalue weighted by molar-refractivity contribution is 0.0728. The highest BCUT2D eigenvalue weighted by Gasteiger charge is 2.22. The number of hydrogen-bond acceptors (Lipinski definition) is 3. The maximum Gasteiger partial charge on any atom is 0.274 e. The van der Waals surface area contributed by atoms with Crippen LogP contribution in [0, 0.1) is 6.92 Å². The molecule has 2 heterocycles. The van der Waals surface area contributed by atoms with Gasteiger partial charge in [-0.1, -0.05) is 0 Å². The SMILES string of the molecule is Cc1cn(C(C)C)nc1C(=O)N1CCNCC1. The van der Waals surface area contributed by atoms with Crippen molar-refractivity contribution in [2.75, 3.05) is 26.2 Å². The number of carbonyl (C=O) groups excluding carboxylic acids is 1.